The van der Waals surface area contributed by atoms with Crippen molar-refractivity contribution < 1.29 is 14.4 Å². The van der Waals surface area contributed by atoms with Crippen molar-refractivity contribution in [3.63, 3.8) is 0 Å². The summed E-state index contributed by atoms with van der Waals surface area (Å²) >= 11 is 0. The van der Waals surface area contributed by atoms with E-state index in [-0.39, 0.29) is 6.61 Å². The van der Waals surface area contributed by atoms with Crippen LogP contribution in [0.2, 0.25) is 0 Å². The van der Waals surface area contributed by atoms with Crippen LogP contribution in [0.4, 0.5) is 0 Å². The molecule has 136 valence electrons. The average Bonchev–Trinajstić information content (AvgIpc) is 3.12. The minimum Gasteiger partial charge on any atom is -0.497 e. The maximum atomic E-state index is 8.86. The molecule has 1 fully saturated rings. The van der Waals surface area contributed by atoms with Gasteiger partial charge in [0.2, 0.25) is 11.7 Å². The molecular weight excluding hydrogens is 320 g/mol. The number of aliphatic hydroxyl groups is 1. The maximum absolute atomic E-state index is 8.86. The van der Waals surface area contributed by atoms with Crippen molar-refractivity contribution in [3.05, 3.63) is 30.2 Å². The summed E-state index contributed by atoms with van der Waals surface area (Å²) in [7, 11) is 1.65. The number of benzene rings is 1. The highest BCUT2D eigenvalue weighted by Crippen LogP contribution is 2.20. The molecule has 0 spiro atoms. The van der Waals surface area contributed by atoms with E-state index >= 15 is 0 Å². The van der Waals surface area contributed by atoms with Crippen molar-refractivity contribution >= 4 is 0 Å². The zero-order valence-corrected chi connectivity index (χ0v) is 14.7. The molecule has 1 saturated heterocycles. The van der Waals surface area contributed by atoms with Crippen molar-refractivity contribution in [2.45, 2.75) is 19.4 Å². The Bertz CT molecular complexity index is 636. The highest BCUT2D eigenvalue weighted by molar-refractivity contribution is 5.55. The van der Waals surface area contributed by atoms with Crippen molar-refractivity contribution in [3.8, 4) is 17.1 Å². The molecule has 0 saturated carbocycles. The number of rotatable bonds is 8. The molecule has 0 bridgehead atoms. The Morgan fingerprint density at radius 3 is 2.48 bits per heavy atom. The van der Waals surface area contributed by atoms with Gasteiger partial charge in [-0.1, -0.05) is 5.16 Å². The number of hydrogen-bond acceptors (Lipinski definition) is 7. The van der Waals surface area contributed by atoms with Crippen LogP contribution in [0, 0.1) is 0 Å². The molecule has 7 nitrogen and oxygen atoms in total. The van der Waals surface area contributed by atoms with Gasteiger partial charge in [0.05, 0.1) is 13.7 Å². The van der Waals surface area contributed by atoms with E-state index in [1.54, 1.807) is 7.11 Å². The first kappa shape index (κ1) is 17.8. The number of aromatic nitrogens is 2. The summed E-state index contributed by atoms with van der Waals surface area (Å²) in [6.45, 7) is 6.13. The monoisotopic (exact) mass is 346 g/mol. The normalized spacial score (nSPS) is 16.2. The van der Waals surface area contributed by atoms with Crippen LogP contribution >= 0.6 is 0 Å². The van der Waals surface area contributed by atoms with Gasteiger partial charge in [0, 0.05) is 38.3 Å². The van der Waals surface area contributed by atoms with E-state index in [9.17, 15) is 0 Å². The molecule has 25 heavy (non-hydrogen) atoms. The molecule has 7 heteroatoms. The number of methoxy groups -OCH3 is 1. The zero-order valence-electron chi connectivity index (χ0n) is 14.7. The van der Waals surface area contributed by atoms with Crippen molar-refractivity contribution in [1.29, 1.82) is 0 Å². The van der Waals surface area contributed by atoms with Crippen molar-refractivity contribution in [2.24, 2.45) is 0 Å². The van der Waals surface area contributed by atoms with Crippen molar-refractivity contribution in [2.75, 3.05) is 46.4 Å². The Labute approximate surface area is 148 Å². The van der Waals surface area contributed by atoms with Crippen LogP contribution in [0.15, 0.2) is 28.8 Å². The first-order chi connectivity index (χ1) is 12.3. The molecule has 2 heterocycles. The van der Waals surface area contributed by atoms with Gasteiger partial charge in [-0.15, -0.1) is 0 Å². The van der Waals surface area contributed by atoms with Crippen molar-refractivity contribution in [1.82, 2.24) is 19.9 Å². The number of piperazine rings is 1. The van der Waals surface area contributed by atoms with Crippen LogP contribution < -0.4 is 4.74 Å². The summed E-state index contributed by atoms with van der Waals surface area (Å²) in [6.07, 6.45) is 1.95. The first-order valence-corrected chi connectivity index (χ1v) is 8.81. The number of aliphatic hydroxyl groups excluding tert-OH is 1. The maximum Gasteiger partial charge on any atom is 0.241 e. The van der Waals surface area contributed by atoms with Crippen LogP contribution in [-0.4, -0.2) is 71.5 Å². The van der Waals surface area contributed by atoms with Gasteiger partial charge in [0.25, 0.3) is 0 Å². The van der Waals surface area contributed by atoms with Crippen LogP contribution in [0.1, 0.15) is 18.7 Å². The molecule has 3 rings (SSSR count). The lowest BCUT2D eigenvalue weighted by molar-refractivity contribution is 0.114. The molecule has 1 aliphatic heterocycles. The molecule has 0 radical (unpaired) electrons. The van der Waals surface area contributed by atoms with Gasteiger partial charge in [-0.3, -0.25) is 4.90 Å². The zero-order chi connectivity index (χ0) is 17.5. The average molecular weight is 346 g/mol. The fourth-order valence-corrected chi connectivity index (χ4v) is 2.99. The standard InChI is InChI=1S/C18H26N4O3/c1-24-16-6-4-15(5-7-16)18-19-17(25-20-18)14-22-11-9-21(10-12-22)8-2-3-13-23/h4-7,23H,2-3,8-14H2,1H3. The van der Waals surface area contributed by atoms with E-state index in [1.165, 1.54) is 0 Å². The highest BCUT2D eigenvalue weighted by atomic mass is 16.5. The summed E-state index contributed by atoms with van der Waals surface area (Å²) in [4.78, 5) is 9.30. The van der Waals surface area contributed by atoms with Gasteiger partial charge < -0.3 is 19.3 Å². The fraction of sp³-hybridized carbons (Fsp3) is 0.556. The van der Waals surface area contributed by atoms with Gasteiger partial charge in [0.1, 0.15) is 5.75 Å². The lowest BCUT2D eigenvalue weighted by Gasteiger charge is -2.33. The molecular formula is C18H26N4O3. The van der Waals surface area contributed by atoms with Gasteiger partial charge >= 0.3 is 0 Å². The number of nitrogens with zero attached hydrogens (tertiary/aromatic N) is 4. The summed E-state index contributed by atoms with van der Waals surface area (Å²) < 4.78 is 10.6. The van der Waals surface area contributed by atoms with Crippen LogP contribution in [0.5, 0.6) is 5.75 Å². The van der Waals surface area contributed by atoms with Gasteiger partial charge in [-0.2, -0.15) is 4.98 Å². The number of hydrogen-bond donors (Lipinski definition) is 1. The molecule has 1 aromatic heterocycles. The van der Waals surface area contributed by atoms with E-state index in [0.717, 1.165) is 56.9 Å². The van der Waals surface area contributed by atoms with Crippen LogP contribution in [0.25, 0.3) is 11.4 Å². The van der Waals surface area contributed by atoms with Gasteiger partial charge in [-0.05, 0) is 43.7 Å². The second kappa shape index (κ2) is 8.94. The van der Waals surface area contributed by atoms with E-state index in [2.05, 4.69) is 19.9 Å². The molecule has 0 amide bonds. The Balaban J connectivity index is 1.49. The fourth-order valence-electron chi connectivity index (χ4n) is 2.99. The third-order valence-corrected chi connectivity index (χ3v) is 4.52. The predicted octanol–water partition coefficient (Wildman–Crippen LogP) is 1.64. The lowest BCUT2D eigenvalue weighted by atomic mass is 10.2. The Kier molecular flexibility index (Phi) is 6.38. The lowest BCUT2D eigenvalue weighted by Crippen LogP contribution is -2.46. The Morgan fingerprint density at radius 2 is 1.80 bits per heavy atom. The summed E-state index contributed by atoms with van der Waals surface area (Å²) in [5.41, 5.74) is 0.921. The van der Waals surface area contributed by atoms with Gasteiger partial charge in [-0.25, -0.2) is 0 Å². The van der Waals surface area contributed by atoms with E-state index in [4.69, 9.17) is 14.4 Å². The number of ether oxygens (including phenoxy) is 1. The summed E-state index contributed by atoms with van der Waals surface area (Å²) in [5.74, 6) is 2.07. The van der Waals surface area contributed by atoms with Gasteiger partial charge in [0.15, 0.2) is 0 Å². The smallest absolute Gasteiger partial charge is 0.241 e. The molecule has 1 aromatic carbocycles. The topological polar surface area (TPSA) is 74.9 Å². The first-order valence-electron chi connectivity index (χ1n) is 8.81. The number of unbranched alkanes of at least 4 members (excludes halogenated alkanes) is 1. The molecule has 0 unspecified atom stereocenters. The minimum absolute atomic E-state index is 0.285. The van der Waals surface area contributed by atoms with E-state index in [0.29, 0.717) is 18.3 Å². The molecule has 2 aromatic rings. The molecule has 1 N–H and O–H groups in total. The quantitative estimate of drug-likeness (QED) is 0.728. The largest absolute Gasteiger partial charge is 0.497 e. The second-order valence-electron chi connectivity index (χ2n) is 6.29. The molecule has 0 atom stereocenters. The summed E-state index contributed by atoms with van der Waals surface area (Å²) in [6, 6.07) is 7.64. The molecule has 1 aliphatic rings. The third-order valence-electron chi connectivity index (χ3n) is 4.52. The second-order valence-corrected chi connectivity index (χ2v) is 6.29. The SMILES string of the molecule is COc1ccc(-c2noc(CN3CCN(CCCCO)CC3)n2)cc1. The Morgan fingerprint density at radius 1 is 1.08 bits per heavy atom. The predicted molar refractivity (Wildman–Crippen MR) is 94.3 cm³/mol. The highest BCUT2D eigenvalue weighted by Gasteiger charge is 2.19. The minimum atomic E-state index is 0.285. The van der Waals surface area contributed by atoms with Crippen LogP contribution in [-0.2, 0) is 6.54 Å². The third kappa shape index (κ3) is 5.01. The van der Waals surface area contributed by atoms with Crippen LogP contribution in [0.3, 0.4) is 0 Å². The molecule has 0 aliphatic carbocycles. The summed E-state index contributed by atoms with van der Waals surface area (Å²) in [5, 5.41) is 12.9. The van der Waals surface area contributed by atoms with E-state index in [1.807, 2.05) is 24.3 Å². The Hall–Kier alpha value is -1.96. The van der Waals surface area contributed by atoms with E-state index < -0.39 is 0 Å².